The van der Waals surface area contributed by atoms with Gasteiger partial charge in [-0.1, -0.05) is 41.5 Å². The van der Waals surface area contributed by atoms with Gasteiger partial charge in [0.2, 0.25) is 0 Å². The third-order valence-electron chi connectivity index (χ3n) is 5.03. The molecular formula is C19H45N2O9P. The Hall–Kier alpha value is -0.170. The minimum Gasteiger partial charge on any atom is -0.394 e. The van der Waals surface area contributed by atoms with Gasteiger partial charge in [0.25, 0.3) is 0 Å². The van der Waals surface area contributed by atoms with E-state index in [2.05, 4.69) is 55.9 Å². The molecule has 1 heterocycles. The SMILES string of the molecule is CCN(CC)CC.CCN(CC)CC.CO[C@H](CO)[C@@H]1O[C@H](OP(=O)(O)O)[C@H](O)[C@H]1O. The average molecular weight is 477 g/mol. The second kappa shape index (κ2) is 18.3. The van der Waals surface area contributed by atoms with Crippen molar-refractivity contribution in [2.24, 2.45) is 0 Å². The predicted molar refractivity (Wildman–Crippen MR) is 119 cm³/mol. The second-order valence-corrected chi connectivity index (χ2v) is 7.93. The van der Waals surface area contributed by atoms with Gasteiger partial charge in [-0.3, -0.25) is 4.52 Å². The summed E-state index contributed by atoms with van der Waals surface area (Å²) in [6.07, 6.45) is -6.89. The summed E-state index contributed by atoms with van der Waals surface area (Å²) in [5.74, 6) is 0. The molecule has 1 aliphatic rings. The number of aliphatic hydroxyl groups excluding tert-OH is 3. The van der Waals surface area contributed by atoms with Crippen LogP contribution in [-0.2, 0) is 18.6 Å². The van der Waals surface area contributed by atoms with Gasteiger partial charge in [0.15, 0.2) is 6.29 Å². The summed E-state index contributed by atoms with van der Waals surface area (Å²) in [6.45, 7) is 19.8. The maximum Gasteiger partial charge on any atom is 0.472 e. The molecule has 31 heavy (non-hydrogen) atoms. The lowest BCUT2D eigenvalue weighted by atomic mass is 10.1. The number of rotatable bonds is 11. The van der Waals surface area contributed by atoms with Crippen LogP contribution in [0.5, 0.6) is 0 Å². The zero-order valence-electron chi connectivity index (χ0n) is 20.0. The first-order valence-corrected chi connectivity index (χ1v) is 12.4. The lowest BCUT2D eigenvalue weighted by Crippen LogP contribution is -2.41. The fourth-order valence-electron chi connectivity index (χ4n) is 2.86. The highest BCUT2D eigenvalue weighted by Crippen LogP contribution is 2.41. The fraction of sp³-hybridized carbons (Fsp3) is 1.00. The molecule has 0 radical (unpaired) electrons. The van der Waals surface area contributed by atoms with Crippen molar-refractivity contribution in [1.29, 1.82) is 0 Å². The van der Waals surface area contributed by atoms with Gasteiger partial charge in [0, 0.05) is 7.11 Å². The van der Waals surface area contributed by atoms with E-state index in [0.29, 0.717) is 0 Å². The third-order valence-corrected chi connectivity index (χ3v) is 5.51. The van der Waals surface area contributed by atoms with Crippen LogP contribution in [0.3, 0.4) is 0 Å². The molecular weight excluding hydrogens is 431 g/mol. The summed E-state index contributed by atoms with van der Waals surface area (Å²) < 4.78 is 24.4. The van der Waals surface area contributed by atoms with Crippen LogP contribution in [0.25, 0.3) is 0 Å². The molecule has 0 aromatic rings. The minimum absolute atomic E-state index is 0.492. The van der Waals surface area contributed by atoms with Crippen LogP contribution < -0.4 is 0 Å². The molecule has 0 amide bonds. The van der Waals surface area contributed by atoms with Crippen LogP contribution in [0.15, 0.2) is 0 Å². The molecule has 0 aromatic carbocycles. The Morgan fingerprint density at radius 3 is 1.48 bits per heavy atom. The van der Waals surface area contributed by atoms with Crippen molar-refractivity contribution in [1.82, 2.24) is 9.80 Å². The molecule has 0 bridgehead atoms. The highest BCUT2D eigenvalue weighted by Gasteiger charge is 2.49. The van der Waals surface area contributed by atoms with E-state index in [1.54, 1.807) is 0 Å². The summed E-state index contributed by atoms with van der Waals surface area (Å²) in [5.41, 5.74) is 0. The van der Waals surface area contributed by atoms with Crippen LogP contribution in [0, 0.1) is 0 Å². The van der Waals surface area contributed by atoms with Gasteiger partial charge in [-0.2, -0.15) is 0 Å². The Kier molecular flexibility index (Phi) is 19.5. The van der Waals surface area contributed by atoms with Crippen molar-refractivity contribution in [3.05, 3.63) is 0 Å². The average Bonchev–Trinajstić information content (AvgIpc) is 3.00. The molecule has 0 aromatic heterocycles. The Bertz CT molecular complexity index is 435. The molecule has 1 saturated heterocycles. The first-order valence-electron chi connectivity index (χ1n) is 10.8. The topological polar surface area (TPSA) is 152 Å². The van der Waals surface area contributed by atoms with Crippen molar-refractivity contribution in [2.45, 2.75) is 72.2 Å². The molecule has 0 unspecified atom stereocenters. The molecule has 5 atom stereocenters. The Balaban J connectivity index is 0. The van der Waals surface area contributed by atoms with Crippen LogP contribution in [0.4, 0.5) is 0 Å². The zero-order valence-corrected chi connectivity index (χ0v) is 20.9. The van der Waals surface area contributed by atoms with Gasteiger partial charge in [-0.15, -0.1) is 0 Å². The van der Waals surface area contributed by atoms with Crippen LogP contribution >= 0.6 is 7.82 Å². The van der Waals surface area contributed by atoms with E-state index in [-0.39, 0.29) is 0 Å². The quantitative estimate of drug-likeness (QED) is 0.261. The number of hydrogen-bond acceptors (Lipinski definition) is 9. The van der Waals surface area contributed by atoms with Crippen LogP contribution in [0.2, 0.25) is 0 Å². The molecule has 11 nitrogen and oxygen atoms in total. The number of ether oxygens (including phenoxy) is 2. The number of methoxy groups -OCH3 is 1. The second-order valence-electron chi connectivity index (χ2n) is 6.74. The summed E-state index contributed by atoms with van der Waals surface area (Å²) in [7, 11) is -3.60. The van der Waals surface area contributed by atoms with Crippen LogP contribution in [-0.4, -0.2) is 119 Å². The Labute approximate surface area is 187 Å². The molecule has 1 aliphatic heterocycles. The smallest absolute Gasteiger partial charge is 0.394 e. The Morgan fingerprint density at radius 2 is 1.26 bits per heavy atom. The highest BCUT2D eigenvalue weighted by molar-refractivity contribution is 7.46. The molecule has 5 N–H and O–H groups in total. The van der Waals surface area contributed by atoms with Gasteiger partial charge in [-0.05, 0) is 39.3 Å². The van der Waals surface area contributed by atoms with Crippen molar-refractivity contribution < 1.29 is 43.7 Å². The molecule has 0 aliphatic carbocycles. The zero-order chi connectivity index (χ0) is 24.6. The summed E-state index contributed by atoms with van der Waals surface area (Å²) in [5, 5.41) is 27.9. The number of nitrogens with zero attached hydrogens (tertiary/aromatic N) is 2. The first kappa shape index (κ1) is 33.0. The van der Waals surface area contributed by atoms with Gasteiger partial charge < -0.3 is 44.4 Å². The molecule has 0 spiro atoms. The maximum atomic E-state index is 10.6. The standard InChI is InChI=1S/C7H15O9P.2C6H15N/c1-14-3(2-8)6-4(9)5(10)7(15-6)16-17(11,12)13;2*1-4-7(5-2)6-3/h3-10H,2H2,1H3,(H2,11,12,13);2*4-6H2,1-3H3/t3-,4-,5-,6+,7-;;/m1../s1. The summed E-state index contributed by atoms with van der Waals surface area (Å²) >= 11 is 0. The van der Waals surface area contributed by atoms with E-state index in [1.165, 1.54) is 46.4 Å². The number of aliphatic hydroxyl groups is 3. The normalized spacial score (nSPS) is 24.5. The fourth-order valence-corrected chi connectivity index (χ4v) is 3.30. The van der Waals surface area contributed by atoms with E-state index in [0.717, 1.165) is 0 Å². The van der Waals surface area contributed by atoms with Crippen molar-refractivity contribution in [3.8, 4) is 0 Å². The molecule has 0 saturated carbocycles. The van der Waals surface area contributed by atoms with Crippen LogP contribution in [0.1, 0.15) is 41.5 Å². The van der Waals surface area contributed by atoms with Crippen molar-refractivity contribution in [2.75, 3.05) is 53.0 Å². The predicted octanol–water partition coefficient (Wildman–Crippen LogP) is 0.246. The molecule has 190 valence electrons. The first-order chi connectivity index (χ1) is 14.5. The van der Waals surface area contributed by atoms with Crippen molar-refractivity contribution in [3.63, 3.8) is 0 Å². The van der Waals surface area contributed by atoms with E-state index in [1.807, 2.05) is 0 Å². The maximum absolute atomic E-state index is 10.6. The van der Waals surface area contributed by atoms with Gasteiger partial charge in [-0.25, -0.2) is 4.57 Å². The molecule has 1 fully saturated rings. The largest absolute Gasteiger partial charge is 0.472 e. The van der Waals surface area contributed by atoms with E-state index < -0.39 is 45.1 Å². The van der Waals surface area contributed by atoms with Gasteiger partial charge >= 0.3 is 7.82 Å². The van der Waals surface area contributed by atoms with E-state index in [9.17, 15) is 14.8 Å². The molecule has 12 heteroatoms. The summed E-state index contributed by atoms with van der Waals surface area (Å²) in [6, 6.07) is 0. The van der Waals surface area contributed by atoms with E-state index >= 15 is 0 Å². The van der Waals surface area contributed by atoms with Gasteiger partial charge in [0.1, 0.15) is 24.4 Å². The number of hydrogen-bond donors (Lipinski definition) is 5. The number of phosphoric acid groups is 1. The third kappa shape index (κ3) is 13.9. The summed E-state index contributed by atoms with van der Waals surface area (Å²) in [4.78, 5) is 21.9. The Morgan fingerprint density at radius 1 is 0.871 bits per heavy atom. The van der Waals surface area contributed by atoms with Crippen molar-refractivity contribution >= 4 is 7.82 Å². The monoisotopic (exact) mass is 476 g/mol. The van der Waals surface area contributed by atoms with E-state index in [4.69, 9.17) is 24.4 Å². The number of phosphoric ester groups is 1. The highest BCUT2D eigenvalue weighted by atomic mass is 31.2. The lowest BCUT2D eigenvalue weighted by Gasteiger charge is -2.22. The lowest BCUT2D eigenvalue weighted by molar-refractivity contribution is -0.149. The molecule has 1 rings (SSSR count). The minimum atomic E-state index is -4.85. The van der Waals surface area contributed by atoms with Gasteiger partial charge in [0.05, 0.1) is 6.61 Å².